The van der Waals surface area contributed by atoms with Crippen molar-refractivity contribution in [3.8, 4) is 11.8 Å². The van der Waals surface area contributed by atoms with Gasteiger partial charge in [-0.25, -0.2) is 14.8 Å². The lowest BCUT2D eigenvalue weighted by Crippen LogP contribution is -2.40. The van der Waals surface area contributed by atoms with Crippen LogP contribution in [0, 0.1) is 11.3 Å². The molecule has 1 saturated heterocycles. The quantitative estimate of drug-likeness (QED) is 0.550. The number of aromatic nitrogens is 2. The van der Waals surface area contributed by atoms with Crippen molar-refractivity contribution >= 4 is 35.7 Å². The number of ether oxygens (including phenoxy) is 2. The summed E-state index contributed by atoms with van der Waals surface area (Å²) in [5.41, 5.74) is 2.46. The van der Waals surface area contributed by atoms with E-state index in [2.05, 4.69) is 20.2 Å². The summed E-state index contributed by atoms with van der Waals surface area (Å²) in [4.78, 5) is 37.6. The van der Waals surface area contributed by atoms with E-state index >= 15 is 0 Å². The van der Waals surface area contributed by atoms with Gasteiger partial charge in [0.1, 0.15) is 40.8 Å². The molecule has 2 aliphatic heterocycles. The second-order valence-electron chi connectivity index (χ2n) is 8.47. The average molecular weight is 497 g/mol. The average Bonchev–Trinajstić information content (AvgIpc) is 3.36. The summed E-state index contributed by atoms with van der Waals surface area (Å²) in [5.74, 6) is 3.09. The molecule has 0 spiro atoms. The number of methoxy groups -OCH3 is 1. The number of nitriles is 1. The molecule has 1 atom stereocenters. The number of nitrogens with zero attached hydrogens (tertiary/aromatic N) is 5. The first-order chi connectivity index (χ1) is 17.0. The van der Waals surface area contributed by atoms with E-state index < -0.39 is 6.03 Å². The van der Waals surface area contributed by atoms with Gasteiger partial charge in [-0.05, 0) is 37.0 Å². The first-order valence-corrected chi connectivity index (χ1v) is 12.6. The summed E-state index contributed by atoms with van der Waals surface area (Å²) in [7, 11) is 1.57. The number of pyridine rings is 2. The predicted molar refractivity (Wildman–Crippen MR) is 133 cm³/mol. The molecular weight excluding hydrogens is 468 g/mol. The van der Waals surface area contributed by atoms with Gasteiger partial charge in [0.15, 0.2) is 6.29 Å². The number of carbonyl (C=O) groups excluding carboxylic acids is 2. The van der Waals surface area contributed by atoms with Crippen LogP contribution in [0.5, 0.6) is 5.75 Å². The molecule has 11 heteroatoms. The van der Waals surface area contributed by atoms with Gasteiger partial charge in [0.25, 0.3) is 0 Å². The maximum atomic E-state index is 13.2. The normalized spacial score (nSPS) is 16.3. The maximum Gasteiger partial charge on any atom is 0.328 e. The lowest BCUT2D eigenvalue weighted by Gasteiger charge is -2.29. The van der Waals surface area contributed by atoms with Crippen LogP contribution < -0.4 is 15.0 Å². The Labute approximate surface area is 208 Å². The number of rotatable bonds is 8. The largest absolute Gasteiger partial charge is 0.487 e. The summed E-state index contributed by atoms with van der Waals surface area (Å²) in [6.07, 6.45) is 3.41. The fourth-order valence-corrected chi connectivity index (χ4v) is 5.15. The van der Waals surface area contributed by atoms with E-state index in [9.17, 15) is 14.9 Å². The van der Waals surface area contributed by atoms with Crippen LogP contribution in [0.25, 0.3) is 0 Å². The van der Waals surface area contributed by atoms with Crippen LogP contribution in [0.2, 0.25) is 0 Å². The zero-order valence-electron chi connectivity index (χ0n) is 19.8. The minimum atomic E-state index is -0.410. The highest BCUT2D eigenvalue weighted by atomic mass is 32.2. The zero-order valence-corrected chi connectivity index (χ0v) is 20.6. The Morgan fingerprint density at radius 2 is 2.26 bits per heavy atom. The number of hydrogen-bond acceptors (Lipinski definition) is 9. The van der Waals surface area contributed by atoms with E-state index in [4.69, 9.17) is 9.47 Å². The molecule has 2 aromatic heterocycles. The van der Waals surface area contributed by atoms with E-state index in [0.717, 1.165) is 48.4 Å². The van der Waals surface area contributed by atoms with Crippen LogP contribution in [0.3, 0.4) is 0 Å². The Hall–Kier alpha value is -3.20. The molecule has 2 aliphatic rings. The van der Waals surface area contributed by atoms with Gasteiger partial charge in [-0.15, -0.1) is 11.8 Å². The zero-order chi connectivity index (χ0) is 24.8. The molecule has 0 saturated carbocycles. The smallest absolute Gasteiger partial charge is 0.328 e. The van der Waals surface area contributed by atoms with Gasteiger partial charge in [0, 0.05) is 44.4 Å². The number of hydrogen-bond donors (Lipinski definition) is 1. The molecule has 0 radical (unpaired) electrons. The van der Waals surface area contributed by atoms with Crippen molar-refractivity contribution in [2.24, 2.45) is 0 Å². The number of amides is 2. The van der Waals surface area contributed by atoms with Crippen molar-refractivity contribution in [3.05, 3.63) is 40.7 Å². The van der Waals surface area contributed by atoms with Gasteiger partial charge in [-0.2, -0.15) is 5.26 Å². The first kappa shape index (κ1) is 24.9. The highest BCUT2D eigenvalue weighted by Crippen LogP contribution is 2.29. The molecule has 2 amide bonds. The van der Waals surface area contributed by atoms with E-state index in [0.29, 0.717) is 37.0 Å². The number of urea groups is 1. The van der Waals surface area contributed by atoms with Crippen molar-refractivity contribution < 1.29 is 19.1 Å². The molecule has 0 unspecified atom stereocenters. The van der Waals surface area contributed by atoms with E-state index in [1.807, 2.05) is 30.8 Å². The van der Waals surface area contributed by atoms with Gasteiger partial charge >= 0.3 is 6.03 Å². The number of anilines is 2. The molecule has 0 bridgehead atoms. The second-order valence-corrected chi connectivity index (χ2v) is 9.54. The number of nitrogens with one attached hydrogen (secondary N) is 1. The highest BCUT2D eigenvalue weighted by Gasteiger charge is 2.27. The highest BCUT2D eigenvalue weighted by molar-refractivity contribution is 7.99. The Bertz CT molecular complexity index is 1130. The molecular formula is C24H28N6O4S. The van der Waals surface area contributed by atoms with E-state index in [-0.39, 0.29) is 17.5 Å². The molecule has 1 N–H and O–H groups in total. The van der Waals surface area contributed by atoms with Crippen molar-refractivity contribution in [1.29, 1.82) is 5.26 Å². The van der Waals surface area contributed by atoms with E-state index in [1.54, 1.807) is 7.11 Å². The van der Waals surface area contributed by atoms with Crippen molar-refractivity contribution in [3.63, 3.8) is 0 Å². The van der Waals surface area contributed by atoms with Crippen molar-refractivity contribution in [2.45, 2.75) is 32.4 Å². The predicted octanol–water partition coefficient (Wildman–Crippen LogP) is 3.07. The van der Waals surface area contributed by atoms with Gasteiger partial charge in [0.2, 0.25) is 0 Å². The summed E-state index contributed by atoms with van der Waals surface area (Å²) < 4.78 is 10.9. The topological polar surface area (TPSA) is 121 Å². The number of carbonyl (C=O) groups is 2. The van der Waals surface area contributed by atoms with Crippen LogP contribution >= 0.6 is 11.8 Å². The van der Waals surface area contributed by atoms with Crippen LogP contribution in [0.4, 0.5) is 16.4 Å². The Morgan fingerprint density at radius 3 is 2.97 bits per heavy atom. The third-order valence-electron chi connectivity index (χ3n) is 5.80. The maximum absolute atomic E-state index is 13.2. The standard InChI is InChI=1S/C24H28N6O4S/c1-16(14-33-2)34-21-9-22(26-11-19(21)10-25)28-24(32)30-5-3-4-17-8-18(12-29-6-7-35-15-29)20(13-31)27-23(17)30/h8-9,11,13,16H,3-7,12,14-15H2,1-2H3,(H,26,28,32)/t16-/m1/s1. The SMILES string of the molecule is COC[C@@H](C)Oc1cc(NC(=O)N2CCCc3cc(CN4CCSC4)c(C=O)nc32)ncc1C#N. The Balaban J connectivity index is 1.54. The van der Waals surface area contributed by atoms with E-state index in [1.165, 1.54) is 17.2 Å². The number of thioether (sulfide) groups is 1. The Kier molecular flexibility index (Phi) is 8.17. The second kappa shape index (κ2) is 11.5. The monoisotopic (exact) mass is 496 g/mol. The van der Waals surface area contributed by atoms with Crippen molar-refractivity contribution in [1.82, 2.24) is 14.9 Å². The van der Waals surface area contributed by atoms with Gasteiger partial charge in [-0.1, -0.05) is 0 Å². The molecule has 4 heterocycles. The van der Waals surface area contributed by atoms with Gasteiger partial charge in [-0.3, -0.25) is 19.9 Å². The molecule has 4 rings (SSSR count). The molecule has 184 valence electrons. The van der Waals surface area contributed by atoms with Crippen LogP contribution in [-0.2, 0) is 17.7 Å². The molecule has 0 aliphatic carbocycles. The summed E-state index contributed by atoms with van der Waals surface area (Å²) in [6, 6.07) is 5.17. The van der Waals surface area contributed by atoms with Crippen LogP contribution in [0.15, 0.2) is 18.3 Å². The lowest BCUT2D eigenvalue weighted by atomic mass is 10.0. The van der Waals surface area contributed by atoms with Gasteiger partial charge < -0.3 is 9.47 Å². The molecule has 35 heavy (non-hydrogen) atoms. The van der Waals surface area contributed by atoms with Crippen LogP contribution in [-0.4, -0.2) is 71.7 Å². The fraction of sp³-hybridized carbons (Fsp3) is 0.458. The fourth-order valence-electron chi connectivity index (χ4n) is 4.15. The van der Waals surface area contributed by atoms with Crippen LogP contribution in [0.1, 0.15) is 40.5 Å². The molecule has 0 aromatic carbocycles. The summed E-state index contributed by atoms with van der Waals surface area (Å²) >= 11 is 1.87. The summed E-state index contributed by atoms with van der Waals surface area (Å²) in [5, 5.41) is 12.1. The third kappa shape index (κ3) is 5.90. The number of aldehydes is 1. The van der Waals surface area contributed by atoms with Crippen molar-refractivity contribution in [2.75, 3.05) is 48.7 Å². The molecule has 2 aromatic rings. The third-order valence-corrected chi connectivity index (χ3v) is 6.82. The minimum absolute atomic E-state index is 0.250. The molecule has 1 fully saturated rings. The molecule has 10 nitrogen and oxygen atoms in total. The van der Waals surface area contributed by atoms with Gasteiger partial charge in [0.05, 0.1) is 12.8 Å². The summed E-state index contributed by atoms with van der Waals surface area (Å²) in [6.45, 7) is 4.30. The Morgan fingerprint density at radius 1 is 1.40 bits per heavy atom. The number of aryl methyl sites for hydroxylation is 1. The minimum Gasteiger partial charge on any atom is -0.487 e. The lowest BCUT2D eigenvalue weighted by molar-refractivity contribution is 0.0919. The number of fused-ring (bicyclic) bond motifs is 1. The first-order valence-electron chi connectivity index (χ1n) is 11.4.